The number of amides is 3. The van der Waals surface area contributed by atoms with Gasteiger partial charge in [-0.15, -0.1) is 0 Å². The molecule has 0 radical (unpaired) electrons. The molecule has 0 bridgehead atoms. The van der Waals surface area contributed by atoms with Gasteiger partial charge in [0, 0.05) is 10.5 Å². The smallest absolute Gasteiger partial charge is 0.331 e. The largest absolute Gasteiger partial charge is 0.497 e. The summed E-state index contributed by atoms with van der Waals surface area (Å²) in [5.41, 5.74) is 1.49. The minimum Gasteiger partial charge on any atom is -0.497 e. The highest BCUT2D eigenvalue weighted by Gasteiger charge is 2.10. The SMILES string of the molecule is COc1cccc(SNC(=O)NC(=O)c2ccc(C)cc2)c1. The number of aryl methyl sites for hydroxylation is 1. The van der Waals surface area contributed by atoms with Crippen molar-refractivity contribution >= 4 is 23.9 Å². The van der Waals surface area contributed by atoms with E-state index in [9.17, 15) is 9.59 Å². The molecule has 3 amide bonds. The topological polar surface area (TPSA) is 67.4 Å². The lowest BCUT2D eigenvalue weighted by molar-refractivity contribution is 0.0965. The van der Waals surface area contributed by atoms with E-state index in [-0.39, 0.29) is 0 Å². The number of carbonyl (C=O) groups excluding carboxylic acids is 2. The van der Waals surface area contributed by atoms with Gasteiger partial charge in [-0.05, 0) is 49.2 Å². The zero-order chi connectivity index (χ0) is 15.9. The van der Waals surface area contributed by atoms with Crippen LogP contribution in [0.2, 0.25) is 0 Å². The van der Waals surface area contributed by atoms with Crippen molar-refractivity contribution in [3.8, 4) is 5.75 Å². The van der Waals surface area contributed by atoms with E-state index < -0.39 is 11.9 Å². The number of methoxy groups -OCH3 is 1. The predicted molar refractivity (Wildman–Crippen MR) is 86.0 cm³/mol. The van der Waals surface area contributed by atoms with Crippen LogP contribution in [0.3, 0.4) is 0 Å². The second-order valence-electron chi connectivity index (χ2n) is 4.53. The number of imide groups is 1. The lowest BCUT2D eigenvalue weighted by Gasteiger charge is -2.07. The van der Waals surface area contributed by atoms with E-state index >= 15 is 0 Å². The number of hydrogen-bond acceptors (Lipinski definition) is 4. The predicted octanol–water partition coefficient (Wildman–Crippen LogP) is 3.15. The maximum absolute atomic E-state index is 11.9. The summed E-state index contributed by atoms with van der Waals surface area (Å²) < 4.78 is 7.65. The number of urea groups is 1. The van der Waals surface area contributed by atoms with E-state index in [4.69, 9.17) is 4.74 Å². The standard InChI is InChI=1S/C16H16N2O3S/c1-11-6-8-12(9-7-11)15(19)17-16(20)18-22-14-5-3-4-13(10-14)21-2/h3-10H,1-2H3,(H2,17,18,19,20). The van der Waals surface area contributed by atoms with Gasteiger partial charge in [0.05, 0.1) is 7.11 Å². The Morgan fingerprint density at radius 2 is 1.82 bits per heavy atom. The quantitative estimate of drug-likeness (QED) is 0.850. The Labute approximate surface area is 133 Å². The van der Waals surface area contributed by atoms with Crippen molar-refractivity contribution in [2.75, 3.05) is 7.11 Å². The Kier molecular flexibility index (Phi) is 5.43. The summed E-state index contributed by atoms with van der Waals surface area (Å²) in [4.78, 5) is 24.4. The summed E-state index contributed by atoms with van der Waals surface area (Å²) in [6.07, 6.45) is 0. The summed E-state index contributed by atoms with van der Waals surface area (Å²) in [5.74, 6) is 0.256. The summed E-state index contributed by atoms with van der Waals surface area (Å²) in [7, 11) is 1.57. The first kappa shape index (κ1) is 15.9. The fraction of sp³-hybridized carbons (Fsp3) is 0.125. The Morgan fingerprint density at radius 3 is 2.50 bits per heavy atom. The van der Waals surface area contributed by atoms with Crippen LogP contribution in [0.15, 0.2) is 53.4 Å². The van der Waals surface area contributed by atoms with Gasteiger partial charge in [-0.2, -0.15) is 0 Å². The van der Waals surface area contributed by atoms with Crippen LogP contribution < -0.4 is 14.8 Å². The van der Waals surface area contributed by atoms with Crippen LogP contribution >= 0.6 is 11.9 Å². The summed E-state index contributed by atoms with van der Waals surface area (Å²) in [6, 6.07) is 13.7. The molecule has 0 heterocycles. The van der Waals surface area contributed by atoms with Crippen LogP contribution in [0.4, 0.5) is 4.79 Å². The molecule has 0 aliphatic rings. The molecule has 0 aromatic heterocycles. The van der Waals surface area contributed by atoms with Crippen LogP contribution in [0.1, 0.15) is 15.9 Å². The van der Waals surface area contributed by atoms with Gasteiger partial charge in [-0.3, -0.25) is 14.8 Å². The van der Waals surface area contributed by atoms with Gasteiger partial charge in [-0.1, -0.05) is 23.8 Å². The van der Waals surface area contributed by atoms with Gasteiger partial charge in [0.1, 0.15) is 5.75 Å². The average molecular weight is 316 g/mol. The first-order valence-electron chi connectivity index (χ1n) is 6.57. The zero-order valence-corrected chi connectivity index (χ0v) is 13.1. The van der Waals surface area contributed by atoms with Crippen LogP contribution in [0.25, 0.3) is 0 Å². The Morgan fingerprint density at radius 1 is 1.09 bits per heavy atom. The van der Waals surface area contributed by atoms with Gasteiger partial charge >= 0.3 is 6.03 Å². The molecule has 2 aromatic rings. The molecule has 5 nitrogen and oxygen atoms in total. The molecule has 2 aromatic carbocycles. The van der Waals surface area contributed by atoms with Crippen LogP contribution in [-0.4, -0.2) is 19.0 Å². The van der Waals surface area contributed by atoms with E-state index in [1.807, 2.05) is 37.3 Å². The Bertz CT molecular complexity index is 671. The minimum atomic E-state index is -0.571. The zero-order valence-electron chi connectivity index (χ0n) is 12.3. The highest BCUT2D eigenvalue weighted by atomic mass is 32.2. The lowest BCUT2D eigenvalue weighted by Crippen LogP contribution is -2.36. The van der Waals surface area contributed by atoms with Crippen molar-refractivity contribution in [2.24, 2.45) is 0 Å². The first-order valence-corrected chi connectivity index (χ1v) is 7.39. The molecule has 0 atom stereocenters. The first-order chi connectivity index (χ1) is 10.6. The number of benzene rings is 2. The summed E-state index contributed by atoms with van der Waals surface area (Å²) >= 11 is 1.10. The molecule has 0 aliphatic carbocycles. The molecule has 6 heteroatoms. The van der Waals surface area contributed by atoms with Crippen molar-refractivity contribution in [3.63, 3.8) is 0 Å². The van der Waals surface area contributed by atoms with E-state index in [1.165, 1.54) is 0 Å². The highest BCUT2D eigenvalue weighted by molar-refractivity contribution is 7.98. The number of nitrogens with one attached hydrogen (secondary N) is 2. The van der Waals surface area contributed by atoms with Gasteiger partial charge < -0.3 is 4.74 Å². The molecule has 0 spiro atoms. The molecular weight excluding hydrogens is 300 g/mol. The Balaban J connectivity index is 1.87. The molecule has 22 heavy (non-hydrogen) atoms. The second kappa shape index (κ2) is 7.51. The molecule has 0 aliphatic heterocycles. The maximum Gasteiger partial charge on any atom is 0.331 e. The molecule has 2 rings (SSSR count). The molecule has 0 saturated carbocycles. The molecule has 0 fully saturated rings. The fourth-order valence-electron chi connectivity index (χ4n) is 1.68. The van der Waals surface area contributed by atoms with E-state index in [0.29, 0.717) is 11.3 Å². The molecule has 0 saturated heterocycles. The average Bonchev–Trinajstić information content (AvgIpc) is 2.53. The highest BCUT2D eigenvalue weighted by Crippen LogP contribution is 2.20. The number of ether oxygens (including phenoxy) is 1. The summed E-state index contributed by atoms with van der Waals surface area (Å²) in [5, 5.41) is 2.27. The van der Waals surface area contributed by atoms with Crippen molar-refractivity contribution < 1.29 is 14.3 Å². The van der Waals surface area contributed by atoms with Crippen molar-refractivity contribution in [1.82, 2.24) is 10.0 Å². The van der Waals surface area contributed by atoms with Gasteiger partial charge in [0.2, 0.25) is 0 Å². The third kappa shape index (κ3) is 4.53. The lowest BCUT2D eigenvalue weighted by atomic mass is 10.1. The fourth-order valence-corrected chi connectivity index (χ4v) is 2.26. The van der Waals surface area contributed by atoms with Gasteiger partial charge in [0.15, 0.2) is 0 Å². The van der Waals surface area contributed by atoms with Crippen molar-refractivity contribution in [1.29, 1.82) is 0 Å². The van der Waals surface area contributed by atoms with Crippen molar-refractivity contribution in [2.45, 2.75) is 11.8 Å². The normalized spacial score (nSPS) is 9.91. The van der Waals surface area contributed by atoms with Gasteiger partial charge in [0.25, 0.3) is 5.91 Å². The summed E-state index contributed by atoms with van der Waals surface area (Å²) in [6.45, 7) is 1.93. The Hall–Kier alpha value is -2.47. The second-order valence-corrected chi connectivity index (χ2v) is 5.41. The van der Waals surface area contributed by atoms with Crippen LogP contribution in [-0.2, 0) is 0 Å². The van der Waals surface area contributed by atoms with Crippen LogP contribution in [0, 0.1) is 6.92 Å². The third-order valence-electron chi connectivity index (χ3n) is 2.84. The minimum absolute atomic E-state index is 0.437. The van der Waals surface area contributed by atoms with Gasteiger partial charge in [-0.25, -0.2) is 4.79 Å². The van der Waals surface area contributed by atoms with E-state index in [0.717, 1.165) is 22.4 Å². The van der Waals surface area contributed by atoms with E-state index in [1.54, 1.807) is 25.3 Å². The number of hydrogen-bond donors (Lipinski definition) is 2. The van der Waals surface area contributed by atoms with Crippen LogP contribution in [0.5, 0.6) is 5.75 Å². The number of carbonyl (C=O) groups is 2. The molecule has 0 unspecified atom stereocenters. The third-order valence-corrected chi connectivity index (χ3v) is 3.62. The molecular formula is C16H16N2O3S. The maximum atomic E-state index is 11.9. The molecule has 2 N–H and O–H groups in total. The number of rotatable bonds is 4. The van der Waals surface area contributed by atoms with Crippen molar-refractivity contribution in [3.05, 3.63) is 59.7 Å². The molecule has 114 valence electrons. The van der Waals surface area contributed by atoms with E-state index in [2.05, 4.69) is 10.0 Å². The monoisotopic (exact) mass is 316 g/mol.